The molecule has 1 atom stereocenters. The van der Waals surface area contributed by atoms with E-state index in [1.165, 1.54) is 5.56 Å². The summed E-state index contributed by atoms with van der Waals surface area (Å²) >= 11 is 3.43. The van der Waals surface area contributed by atoms with Gasteiger partial charge in [-0.15, -0.1) is 11.3 Å². The first-order valence-electron chi connectivity index (χ1n) is 6.79. The number of nitrogens with one attached hydrogen (secondary N) is 1. The van der Waals surface area contributed by atoms with Gasteiger partial charge in [0.05, 0.1) is 18.4 Å². The van der Waals surface area contributed by atoms with Crippen LogP contribution in [0.1, 0.15) is 5.69 Å². The average molecular weight is 309 g/mol. The topological polar surface area (TPSA) is 37.4 Å². The number of likely N-dealkylation sites (N-methyl/N-ethyl adjacent to an activating group) is 1. The van der Waals surface area contributed by atoms with Gasteiger partial charge in [-0.3, -0.25) is 4.90 Å². The summed E-state index contributed by atoms with van der Waals surface area (Å²) in [7, 11) is 2.13. The maximum Gasteiger partial charge on any atom is 0.124 e. The van der Waals surface area contributed by atoms with Gasteiger partial charge in [-0.25, -0.2) is 4.98 Å². The van der Waals surface area contributed by atoms with E-state index in [0.717, 1.165) is 43.5 Å². The van der Waals surface area contributed by atoms with Gasteiger partial charge in [0, 0.05) is 42.5 Å². The minimum absolute atomic E-state index is 0.295. The molecule has 108 valence electrons. The highest BCUT2D eigenvalue weighted by atomic mass is 32.1. The molecular weight excluding hydrogens is 290 g/mol. The number of thiazole rings is 1. The summed E-state index contributed by atoms with van der Waals surface area (Å²) in [6.07, 6.45) is 0.295. The van der Waals surface area contributed by atoms with Crippen molar-refractivity contribution in [2.45, 2.75) is 12.6 Å². The second-order valence-electron chi connectivity index (χ2n) is 5.05. The van der Waals surface area contributed by atoms with Gasteiger partial charge in [-0.05, 0) is 18.5 Å². The molecule has 0 spiro atoms. The third-order valence-corrected chi connectivity index (χ3v) is 4.89. The third-order valence-electron chi connectivity index (χ3n) is 3.27. The summed E-state index contributed by atoms with van der Waals surface area (Å²) < 4.78 is 5.73. The Labute approximate surface area is 127 Å². The highest BCUT2D eigenvalue weighted by Crippen LogP contribution is 2.26. The number of hydrogen-bond donors (Lipinski definition) is 1. The van der Waals surface area contributed by atoms with Gasteiger partial charge in [-0.2, -0.15) is 11.3 Å². The molecule has 0 aliphatic carbocycles. The van der Waals surface area contributed by atoms with Crippen molar-refractivity contribution in [1.82, 2.24) is 15.2 Å². The molecular formula is C14H19N3OS2. The van der Waals surface area contributed by atoms with Crippen LogP contribution < -0.4 is 5.32 Å². The Bertz CT molecular complexity index is 520. The van der Waals surface area contributed by atoms with Crippen LogP contribution in [-0.4, -0.2) is 49.3 Å². The number of aromatic nitrogens is 1. The van der Waals surface area contributed by atoms with Crippen molar-refractivity contribution < 1.29 is 4.74 Å². The van der Waals surface area contributed by atoms with Crippen LogP contribution in [0.5, 0.6) is 0 Å². The second-order valence-corrected chi connectivity index (χ2v) is 6.69. The summed E-state index contributed by atoms with van der Waals surface area (Å²) in [6.45, 7) is 4.55. The molecule has 1 aliphatic rings. The molecule has 3 heterocycles. The van der Waals surface area contributed by atoms with Crippen LogP contribution in [-0.2, 0) is 11.3 Å². The lowest BCUT2D eigenvalue weighted by atomic mass is 10.3. The van der Waals surface area contributed by atoms with E-state index in [1.54, 1.807) is 22.7 Å². The summed E-state index contributed by atoms with van der Waals surface area (Å²) in [4.78, 5) is 6.99. The van der Waals surface area contributed by atoms with Gasteiger partial charge < -0.3 is 10.1 Å². The first-order chi connectivity index (χ1) is 9.81. The molecule has 6 heteroatoms. The Balaban J connectivity index is 1.54. The van der Waals surface area contributed by atoms with Crippen molar-refractivity contribution in [2.24, 2.45) is 0 Å². The number of nitrogens with zero attached hydrogens (tertiary/aromatic N) is 2. The summed E-state index contributed by atoms with van der Waals surface area (Å²) in [5.74, 6) is 0. The normalized spacial score (nSPS) is 19.6. The number of morpholine rings is 1. The molecule has 3 rings (SSSR count). The zero-order valence-corrected chi connectivity index (χ0v) is 13.2. The molecule has 1 N–H and O–H groups in total. The van der Waals surface area contributed by atoms with Crippen molar-refractivity contribution in [3.05, 3.63) is 27.9 Å². The van der Waals surface area contributed by atoms with Crippen LogP contribution >= 0.6 is 22.7 Å². The highest BCUT2D eigenvalue weighted by molar-refractivity contribution is 7.14. The Morgan fingerprint density at radius 2 is 2.45 bits per heavy atom. The fourth-order valence-corrected chi connectivity index (χ4v) is 3.85. The highest BCUT2D eigenvalue weighted by Gasteiger charge is 2.16. The maximum absolute atomic E-state index is 5.73. The number of thiophene rings is 1. The SMILES string of the molecule is CN(Cc1csc(-c2ccsc2)n1)CC1CNCCO1. The zero-order chi connectivity index (χ0) is 13.8. The second kappa shape index (κ2) is 6.78. The fourth-order valence-electron chi connectivity index (χ4n) is 2.32. The van der Waals surface area contributed by atoms with E-state index in [4.69, 9.17) is 9.72 Å². The molecule has 0 bridgehead atoms. The summed E-state index contributed by atoms with van der Waals surface area (Å²) in [6, 6.07) is 2.12. The molecule has 0 amide bonds. The molecule has 20 heavy (non-hydrogen) atoms. The smallest absolute Gasteiger partial charge is 0.124 e. The summed E-state index contributed by atoms with van der Waals surface area (Å²) in [5.41, 5.74) is 2.37. The molecule has 1 aliphatic heterocycles. The predicted octanol–water partition coefficient (Wildman–Crippen LogP) is 2.29. The molecule has 2 aromatic rings. The standard InChI is InChI=1S/C14H19N3OS2/c1-17(8-13-6-15-3-4-18-13)7-12-10-20-14(16-12)11-2-5-19-9-11/h2,5,9-10,13,15H,3-4,6-8H2,1H3. The van der Waals surface area contributed by atoms with Crippen molar-refractivity contribution in [3.8, 4) is 10.6 Å². The quantitative estimate of drug-likeness (QED) is 0.919. The van der Waals surface area contributed by atoms with Gasteiger partial charge in [0.1, 0.15) is 5.01 Å². The van der Waals surface area contributed by atoms with Crippen LogP contribution in [0.2, 0.25) is 0 Å². The maximum atomic E-state index is 5.73. The predicted molar refractivity (Wildman–Crippen MR) is 84.4 cm³/mol. The number of rotatable bonds is 5. The zero-order valence-electron chi connectivity index (χ0n) is 11.5. The van der Waals surface area contributed by atoms with E-state index in [2.05, 4.69) is 39.5 Å². The minimum atomic E-state index is 0.295. The van der Waals surface area contributed by atoms with E-state index in [-0.39, 0.29) is 0 Å². The minimum Gasteiger partial charge on any atom is -0.374 e. The monoisotopic (exact) mass is 309 g/mol. The van der Waals surface area contributed by atoms with Gasteiger partial charge >= 0.3 is 0 Å². The van der Waals surface area contributed by atoms with Gasteiger partial charge in [-0.1, -0.05) is 0 Å². The Morgan fingerprint density at radius 3 is 3.20 bits per heavy atom. The van der Waals surface area contributed by atoms with E-state index in [1.807, 2.05) is 0 Å². The van der Waals surface area contributed by atoms with E-state index < -0.39 is 0 Å². The van der Waals surface area contributed by atoms with Crippen LogP contribution in [0.15, 0.2) is 22.2 Å². The molecule has 1 fully saturated rings. The Hall–Kier alpha value is -0.790. The molecule has 4 nitrogen and oxygen atoms in total. The first-order valence-corrected chi connectivity index (χ1v) is 8.61. The van der Waals surface area contributed by atoms with Crippen molar-refractivity contribution >= 4 is 22.7 Å². The molecule has 0 saturated carbocycles. The number of hydrogen-bond acceptors (Lipinski definition) is 6. The van der Waals surface area contributed by atoms with Crippen LogP contribution in [0, 0.1) is 0 Å². The van der Waals surface area contributed by atoms with E-state index >= 15 is 0 Å². The Morgan fingerprint density at radius 1 is 1.50 bits per heavy atom. The third kappa shape index (κ3) is 3.65. The van der Waals surface area contributed by atoms with Crippen molar-refractivity contribution in [3.63, 3.8) is 0 Å². The Kier molecular flexibility index (Phi) is 4.80. The van der Waals surface area contributed by atoms with Crippen LogP contribution in [0.4, 0.5) is 0 Å². The van der Waals surface area contributed by atoms with Gasteiger partial charge in [0.15, 0.2) is 0 Å². The number of ether oxygens (including phenoxy) is 1. The van der Waals surface area contributed by atoms with Crippen molar-refractivity contribution in [1.29, 1.82) is 0 Å². The van der Waals surface area contributed by atoms with Gasteiger partial charge in [0.2, 0.25) is 0 Å². The van der Waals surface area contributed by atoms with E-state index in [0.29, 0.717) is 6.10 Å². The lowest BCUT2D eigenvalue weighted by molar-refractivity contribution is 0.00871. The lowest BCUT2D eigenvalue weighted by Gasteiger charge is -2.27. The average Bonchev–Trinajstić information content (AvgIpc) is 3.10. The molecule has 1 saturated heterocycles. The molecule has 2 aromatic heterocycles. The molecule has 1 unspecified atom stereocenters. The van der Waals surface area contributed by atoms with Crippen LogP contribution in [0.25, 0.3) is 10.6 Å². The first kappa shape index (κ1) is 14.2. The largest absolute Gasteiger partial charge is 0.374 e. The fraction of sp³-hybridized carbons (Fsp3) is 0.500. The summed E-state index contributed by atoms with van der Waals surface area (Å²) in [5, 5.41) is 10.9. The molecule has 0 aromatic carbocycles. The van der Waals surface area contributed by atoms with Crippen LogP contribution in [0.3, 0.4) is 0 Å². The molecule has 0 radical (unpaired) electrons. The van der Waals surface area contributed by atoms with E-state index in [9.17, 15) is 0 Å². The lowest BCUT2D eigenvalue weighted by Crippen LogP contribution is -2.44. The van der Waals surface area contributed by atoms with Crippen molar-refractivity contribution in [2.75, 3.05) is 33.3 Å². The van der Waals surface area contributed by atoms with Gasteiger partial charge in [0.25, 0.3) is 0 Å².